The number of aromatic carboxylic acids is 1. The molecule has 454 valence electrons. The van der Waals surface area contributed by atoms with Gasteiger partial charge in [-0.3, -0.25) is 14.4 Å². The Morgan fingerprint density at radius 3 is 2.24 bits per heavy atom. The fraction of sp³-hybridized carbons (Fsp3) is 0.772. The van der Waals surface area contributed by atoms with Gasteiger partial charge >= 0.3 is 17.9 Å². The molecule has 23 heteroatoms. The molecule has 6 N–H and O–H groups in total. The van der Waals surface area contributed by atoms with Crippen LogP contribution in [0.4, 0.5) is 0 Å². The third-order valence-corrected chi connectivity index (χ3v) is 16.3. The van der Waals surface area contributed by atoms with Crippen molar-refractivity contribution in [3.8, 4) is 5.75 Å². The zero-order valence-corrected chi connectivity index (χ0v) is 49.5. The average molecular weight is 1140 g/mol. The highest BCUT2D eigenvalue weighted by Gasteiger charge is 2.54. The molecule has 5 rings (SSSR count). The van der Waals surface area contributed by atoms with Gasteiger partial charge in [0.05, 0.1) is 78.3 Å². The van der Waals surface area contributed by atoms with Crippen molar-refractivity contribution in [1.29, 1.82) is 0 Å². The maximum atomic E-state index is 14.6. The number of hydrogen-bond donors (Lipinski definition) is 6. The molecule has 0 bridgehead atoms. The van der Waals surface area contributed by atoms with Crippen LogP contribution in [-0.2, 0) is 58.9 Å². The molecule has 18 atom stereocenters. The fourth-order valence-electron chi connectivity index (χ4n) is 11.8. The second-order valence-corrected chi connectivity index (χ2v) is 22.8. The highest BCUT2D eigenvalue weighted by atomic mass is 16.7. The summed E-state index contributed by atoms with van der Waals surface area (Å²) in [5, 5.41) is 65.7. The molecule has 3 fully saturated rings. The van der Waals surface area contributed by atoms with Crippen molar-refractivity contribution in [3.05, 3.63) is 40.2 Å². The number of esters is 2. The van der Waals surface area contributed by atoms with Crippen LogP contribution < -0.4 is 15.5 Å². The molecule has 0 amide bonds. The van der Waals surface area contributed by atoms with Gasteiger partial charge in [0.1, 0.15) is 48.4 Å². The minimum atomic E-state index is -1.98. The Morgan fingerprint density at radius 1 is 0.912 bits per heavy atom. The smallest absolute Gasteiger partial charge is 0.341 e. The lowest BCUT2D eigenvalue weighted by Gasteiger charge is -2.49. The molecule has 0 aliphatic carbocycles. The number of aryl methyl sites for hydroxylation is 1. The van der Waals surface area contributed by atoms with Crippen molar-refractivity contribution in [2.75, 3.05) is 61.2 Å². The molecule has 1 aromatic heterocycles. The summed E-state index contributed by atoms with van der Waals surface area (Å²) in [6.07, 6.45) is -8.65. The van der Waals surface area contributed by atoms with E-state index in [1.807, 2.05) is 39.8 Å². The molecule has 80 heavy (non-hydrogen) atoms. The molecule has 0 unspecified atom stereocenters. The fourth-order valence-corrected chi connectivity index (χ4v) is 11.8. The number of benzene rings is 1. The standard InChI is InChI=1S/C57H92N4O19/c1-16-42-57(11,70)49(65)33(5)45(59-72-15)31(3)28-55(9,69)50(80-54-47(64)41(60(12)13)26-32(4)75-54)34(6)48(35(7)53(68)77-42)79-44-29-56(10,71-14)51(36(8)76-44)78-43(62)20-21-58-22-23-73-24-25-74-37-18-19-40-38(27-37)46(63)39(52(66)67)30-61(40)17-2/h18-19,27,30-36,41-42,44,47-51,54,58,64-65,69-70H,16-17,20-26,28-29H2,1-15H3,(H,66,67)/b59-45+/t31-,32+,33+,34+,35-,36+,41-,42-,44+,47+,48+,49-,50-,51+,54-,55-,56-,57-/m1/s1. The van der Waals surface area contributed by atoms with Gasteiger partial charge in [-0.2, -0.15) is 0 Å². The van der Waals surface area contributed by atoms with Crippen LogP contribution in [-0.4, -0.2) is 204 Å². The molecule has 3 aliphatic heterocycles. The first-order chi connectivity index (χ1) is 37.6. The lowest BCUT2D eigenvalue weighted by atomic mass is 9.73. The van der Waals surface area contributed by atoms with Gasteiger partial charge in [-0.1, -0.05) is 32.9 Å². The number of oxime groups is 1. The Hall–Kier alpha value is -4.37. The Morgan fingerprint density at radius 2 is 1.61 bits per heavy atom. The highest BCUT2D eigenvalue weighted by Crippen LogP contribution is 2.42. The van der Waals surface area contributed by atoms with Gasteiger partial charge < -0.3 is 87.8 Å². The molecule has 3 saturated heterocycles. The molecule has 3 aliphatic rings. The van der Waals surface area contributed by atoms with Gasteiger partial charge in [-0.05, 0) is 100 Å². The van der Waals surface area contributed by atoms with Crippen molar-refractivity contribution < 1.29 is 87.4 Å². The molecule has 0 spiro atoms. The predicted octanol–water partition coefficient (Wildman–Crippen LogP) is 3.88. The number of aliphatic hydroxyl groups is 4. The Bertz CT molecular complexity index is 2450. The number of carbonyl (C=O) groups excluding carboxylic acids is 2. The quantitative estimate of drug-likeness (QED) is 0.0587. The van der Waals surface area contributed by atoms with Crippen molar-refractivity contribution >= 4 is 34.5 Å². The molecule has 2 aromatic rings. The topological polar surface area (TPSA) is 294 Å². The number of hydrogen-bond acceptors (Lipinski definition) is 21. The van der Waals surface area contributed by atoms with Crippen molar-refractivity contribution in [3.63, 3.8) is 0 Å². The zero-order valence-electron chi connectivity index (χ0n) is 49.5. The largest absolute Gasteiger partial charge is 0.491 e. The van der Waals surface area contributed by atoms with Gasteiger partial charge in [0.25, 0.3) is 0 Å². The maximum absolute atomic E-state index is 14.6. The average Bonchev–Trinajstić information content (AvgIpc) is 3.46. The number of pyridine rings is 1. The summed E-state index contributed by atoms with van der Waals surface area (Å²) >= 11 is 0. The predicted molar refractivity (Wildman–Crippen MR) is 294 cm³/mol. The molecule has 1 aromatic carbocycles. The van der Waals surface area contributed by atoms with Gasteiger partial charge in [0, 0.05) is 63.2 Å². The number of aliphatic hydroxyl groups excluding tert-OH is 2. The lowest BCUT2D eigenvalue weighted by molar-refractivity contribution is -0.318. The van der Waals surface area contributed by atoms with Gasteiger partial charge in [0.2, 0.25) is 5.43 Å². The molecule has 0 saturated carbocycles. The molecular formula is C57H92N4O19. The highest BCUT2D eigenvalue weighted by molar-refractivity contribution is 5.93. The summed E-state index contributed by atoms with van der Waals surface area (Å²) in [5.41, 5.74) is -4.92. The first kappa shape index (κ1) is 66.4. The van der Waals surface area contributed by atoms with Crippen molar-refractivity contribution in [1.82, 2.24) is 14.8 Å². The van der Waals surface area contributed by atoms with Crippen LogP contribution in [0.25, 0.3) is 10.9 Å². The summed E-state index contributed by atoms with van der Waals surface area (Å²) in [6.45, 7) is 20.6. The number of nitrogens with one attached hydrogen (secondary N) is 1. The Kier molecular flexibility index (Phi) is 23.9. The first-order valence-corrected chi connectivity index (χ1v) is 28.0. The van der Waals surface area contributed by atoms with Gasteiger partial charge in [-0.15, -0.1) is 0 Å². The van der Waals surface area contributed by atoms with E-state index in [4.69, 9.17) is 47.5 Å². The third kappa shape index (κ3) is 15.8. The number of nitrogens with zero attached hydrogens (tertiary/aromatic N) is 3. The third-order valence-electron chi connectivity index (χ3n) is 16.3. The SMILES string of the molecule is CC[C@H]1OC(=O)[C@H](C)[C@@H](O[C@H]2C[C@@](C)(OC)[C@@H](OC(=O)CCNCCOCCOc3ccc4c(c3)c(=O)c(C(=O)O)cn4CC)[C@H](C)O2)[C@H](C)[C@@H](O[C@H]2O[C@@H](C)C[C@@H](N(C)C)[C@@H]2O)[C@](C)(O)C[C@@H](C)/C(=N\OC)[C@H](C)[C@@H](O)[C@]1(C)O. The maximum Gasteiger partial charge on any atom is 0.341 e. The van der Waals surface area contributed by atoms with Crippen molar-refractivity contribution in [2.45, 2.75) is 199 Å². The number of carboxylic acid groups (broad SMARTS) is 1. The second kappa shape index (κ2) is 28.7. The minimum absolute atomic E-state index is 0.00433. The van der Waals surface area contributed by atoms with E-state index in [0.717, 1.165) is 0 Å². The molecule has 23 nitrogen and oxygen atoms in total. The number of rotatable bonds is 21. The monoisotopic (exact) mass is 1140 g/mol. The van der Waals surface area contributed by atoms with E-state index in [-0.39, 0.29) is 68.5 Å². The summed E-state index contributed by atoms with van der Waals surface area (Å²) in [7, 11) is 6.55. The van der Waals surface area contributed by atoms with E-state index < -0.39 is 119 Å². The summed E-state index contributed by atoms with van der Waals surface area (Å²) in [5.74, 6) is -5.67. The van der Waals surface area contributed by atoms with E-state index >= 15 is 0 Å². The first-order valence-electron chi connectivity index (χ1n) is 28.0. The van der Waals surface area contributed by atoms with Crippen LogP contribution in [0.5, 0.6) is 5.75 Å². The number of ether oxygens (including phenoxy) is 9. The summed E-state index contributed by atoms with van der Waals surface area (Å²) in [4.78, 5) is 59.7. The summed E-state index contributed by atoms with van der Waals surface area (Å²) in [6, 6.07) is 4.60. The number of carboxylic acids is 1. The minimum Gasteiger partial charge on any atom is -0.491 e. The molecule has 4 heterocycles. The summed E-state index contributed by atoms with van der Waals surface area (Å²) < 4.78 is 57.9. The number of methoxy groups -OCH3 is 1. The zero-order chi connectivity index (χ0) is 59.6. The lowest BCUT2D eigenvalue weighted by Crippen LogP contribution is -2.61. The van der Waals surface area contributed by atoms with Crippen LogP contribution in [0.1, 0.15) is 119 Å². The van der Waals surface area contributed by atoms with E-state index in [9.17, 15) is 44.7 Å². The van der Waals surface area contributed by atoms with E-state index in [1.165, 1.54) is 33.4 Å². The van der Waals surface area contributed by atoms with E-state index in [1.54, 1.807) is 65.2 Å². The van der Waals surface area contributed by atoms with E-state index in [0.29, 0.717) is 43.1 Å². The number of likely N-dealkylation sites (N-methyl/N-ethyl adjacent to an activating group) is 1. The number of cyclic esters (lactones) is 1. The van der Waals surface area contributed by atoms with Crippen LogP contribution in [0.3, 0.4) is 0 Å². The Labute approximate surface area is 470 Å². The van der Waals surface area contributed by atoms with Gasteiger partial charge in [0.15, 0.2) is 18.7 Å². The molecular weight excluding hydrogens is 1040 g/mol. The number of fused-ring (bicyclic) bond motifs is 1. The number of carbonyl (C=O) groups is 3. The van der Waals surface area contributed by atoms with Crippen LogP contribution in [0.15, 0.2) is 34.3 Å². The van der Waals surface area contributed by atoms with E-state index in [2.05, 4.69) is 10.5 Å². The second-order valence-electron chi connectivity index (χ2n) is 22.8. The number of aromatic nitrogens is 1. The van der Waals surface area contributed by atoms with Crippen LogP contribution in [0.2, 0.25) is 0 Å². The van der Waals surface area contributed by atoms with Crippen LogP contribution in [0, 0.1) is 23.7 Å². The van der Waals surface area contributed by atoms with Crippen molar-refractivity contribution in [2.24, 2.45) is 28.8 Å². The molecule has 0 radical (unpaired) electrons. The normalized spacial score (nSPS) is 36.3. The Balaban J connectivity index is 1.28. The van der Waals surface area contributed by atoms with Gasteiger partial charge in [-0.25, -0.2) is 4.79 Å². The van der Waals surface area contributed by atoms with Crippen LogP contribution >= 0.6 is 0 Å².